The molecule has 0 saturated carbocycles. The first-order valence-electron chi connectivity index (χ1n) is 20.0. The van der Waals surface area contributed by atoms with Crippen LogP contribution < -0.4 is 0 Å². The minimum atomic E-state index is 0.898. The Labute approximate surface area is 333 Å². The highest BCUT2D eigenvalue weighted by molar-refractivity contribution is 6.35. The number of hydrogen-bond donors (Lipinski definition) is 0. The zero-order chi connectivity index (χ0) is 37.9. The number of fused-ring (bicyclic) bond motifs is 15. The molecular weight excluding hydrogens is 703 g/mol. The van der Waals surface area contributed by atoms with Gasteiger partial charge >= 0.3 is 0 Å². The van der Waals surface area contributed by atoms with E-state index in [4.69, 9.17) is 4.42 Å². The van der Waals surface area contributed by atoms with Crippen molar-refractivity contribution in [1.29, 1.82) is 0 Å². The molecule has 0 radical (unpaired) electrons. The number of rotatable bonds is 3. The third-order valence-corrected chi connectivity index (χ3v) is 12.5. The molecule has 0 aliphatic rings. The van der Waals surface area contributed by atoms with Crippen LogP contribution in [-0.4, -0.2) is 4.57 Å². The number of nitrogens with zero attached hydrogens (tertiary/aromatic N) is 1. The summed E-state index contributed by atoms with van der Waals surface area (Å²) in [4.78, 5) is 0. The van der Waals surface area contributed by atoms with E-state index in [9.17, 15) is 0 Å². The van der Waals surface area contributed by atoms with Gasteiger partial charge < -0.3 is 8.98 Å². The maximum absolute atomic E-state index is 6.48. The third-order valence-electron chi connectivity index (χ3n) is 12.5. The van der Waals surface area contributed by atoms with E-state index < -0.39 is 0 Å². The molecule has 0 amide bonds. The fourth-order valence-corrected chi connectivity index (χ4v) is 9.97. The molecule has 13 aromatic rings. The van der Waals surface area contributed by atoms with E-state index in [2.05, 4.69) is 205 Å². The standard InChI is InChI=1S/C56H33NO/c1-2-14-39(15-3-1)57-50-21-11-10-20-46(50)56-51(57)27-26-45-43-25-22-34(31-47(43)42-18-8-9-19-44(42)55(45)56)35-23-28-52-48(32-35)49-33-38(24-29-53(49)58-52)54-40-16-6-4-12-36(40)30-37-13-5-7-17-41(37)54/h1-33H. The normalized spacial score (nSPS) is 12.1. The molecule has 0 saturated heterocycles. The van der Waals surface area contributed by atoms with Crippen LogP contribution in [0.25, 0.3) is 126 Å². The molecule has 13 rings (SSSR count). The average molecular weight is 736 g/mol. The van der Waals surface area contributed by atoms with E-state index in [1.165, 1.54) is 104 Å². The molecule has 2 nitrogen and oxygen atoms in total. The summed E-state index contributed by atoms with van der Waals surface area (Å²) < 4.78 is 8.89. The molecular formula is C56H33NO. The van der Waals surface area contributed by atoms with Crippen molar-refractivity contribution in [2.24, 2.45) is 0 Å². The van der Waals surface area contributed by atoms with Crippen LogP contribution in [0.4, 0.5) is 0 Å². The first-order valence-corrected chi connectivity index (χ1v) is 20.0. The van der Waals surface area contributed by atoms with Crippen LogP contribution in [0.15, 0.2) is 205 Å². The molecule has 0 bridgehead atoms. The fraction of sp³-hybridized carbons (Fsp3) is 0. The molecule has 268 valence electrons. The summed E-state index contributed by atoms with van der Waals surface area (Å²) in [5.41, 5.74) is 10.2. The Morgan fingerprint density at radius 3 is 1.55 bits per heavy atom. The second kappa shape index (κ2) is 11.9. The fourth-order valence-electron chi connectivity index (χ4n) is 9.97. The van der Waals surface area contributed by atoms with Crippen molar-refractivity contribution < 1.29 is 4.42 Å². The van der Waals surface area contributed by atoms with Crippen molar-refractivity contribution in [3.63, 3.8) is 0 Å². The lowest BCUT2D eigenvalue weighted by Gasteiger charge is -2.14. The predicted molar refractivity (Wildman–Crippen MR) is 246 cm³/mol. The Morgan fingerprint density at radius 2 is 0.810 bits per heavy atom. The molecule has 0 fully saturated rings. The Morgan fingerprint density at radius 1 is 0.293 bits per heavy atom. The maximum atomic E-state index is 6.48. The van der Waals surface area contributed by atoms with Crippen LogP contribution in [-0.2, 0) is 0 Å². The second-order valence-corrected chi connectivity index (χ2v) is 15.6. The van der Waals surface area contributed by atoms with Gasteiger partial charge in [0.05, 0.1) is 11.0 Å². The molecule has 2 heterocycles. The topological polar surface area (TPSA) is 18.1 Å². The number of hydrogen-bond acceptors (Lipinski definition) is 1. The first-order chi connectivity index (χ1) is 28.8. The van der Waals surface area contributed by atoms with Gasteiger partial charge in [0, 0.05) is 32.6 Å². The molecule has 58 heavy (non-hydrogen) atoms. The minimum Gasteiger partial charge on any atom is -0.456 e. The first kappa shape index (κ1) is 31.5. The summed E-state index contributed by atoms with van der Waals surface area (Å²) in [6.07, 6.45) is 0. The van der Waals surface area contributed by atoms with Crippen molar-refractivity contribution in [3.05, 3.63) is 200 Å². The van der Waals surface area contributed by atoms with Crippen molar-refractivity contribution in [1.82, 2.24) is 4.57 Å². The lowest BCUT2D eigenvalue weighted by atomic mass is 9.90. The maximum Gasteiger partial charge on any atom is 0.135 e. The van der Waals surface area contributed by atoms with E-state index >= 15 is 0 Å². The Balaban J connectivity index is 1.02. The number of aromatic nitrogens is 1. The van der Waals surface area contributed by atoms with Crippen molar-refractivity contribution in [2.45, 2.75) is 0 Å². The third kappa shape index (κ3) is 4.43. The summed E-state index contributed by atoms with van der Waals surface area (Å²) in [5, 5.41) is 17.5. The smallest absolute Gasteiger partial charge is 0.135 e. The average Bonchev–Trinajstić information content (AvgIpc) is 3.83. The summed E-state index contributed by atoms with van der Waals surface area (Å²) in [7, 11) is 0. The van der Waals surface area contributed by atoms with Gasteiger partial charge in [0.2, 0.25) is 0 Å². The molecule has 0 spiro atoms. The largest absolute Gasteiger partial charge is 0.456 e. The number of furan rings is 1. The van der Waals surface area contributed by atoms with Crippen molar-refractivity contribution >= 4 is 97.6 Å². The van der Waals surface area contributed by atoms with Crippen LogP contribution in [0.3, 0.4) is 0 Å². The molecule has 0 unspecified atom stereocenters. The van der Waals surface area contributed by atoms with Gasteiger partial charge in [0.25, 0.3) is 0 Å². The highest BCUT2D eigenvalue weighted by Crippen LogP contribution is 2.45. The van der Waals surface area contributed by atoms with Gasteiger partial charge in [-0.2, -0.15) is 0 Å². The summed E-state index contributed by atoms with van der Waals surface area (Å²) in [5.74, 6) is 0. The molecule has 0 atom stereocenters. The van der Waals surface area contributed by atoms with Crippen LogP contribution in [0, 0.1) is 0 Å². The zero-order valence-corrected chi connectivity index (χ0v) is 31.4. The van der Waals surface area contributed by atoms with Gasteiger partial charge in [-0.25, -0.2) is 0 Å². The Hall–Kier alpha value is -7.68. The van der Waals surface area contributed by atoms with Gasteiger partial charge in [0.15, 0.2) is 0 Å². The van der Waals surface area contributed by atoms with E-state index in [-0.39, 0.29) is 0 Å². The molecule has 11 aromatic carbocycles. The molecule has 0 N–H and O–H groups in total. The van der Waals surface area contributed by atoms with E-state index in [1.807, 2.05) is 0 Å². The van der Waals surface area contributed by atoms with Gasteiger partial charge in [-0.1, -0.05) is 140 Å². The van der Waals surface area contributed by atoms with Crippen LogP contribution in [0.1, 0.15) is 0 Å². The lowest BCUT2D eigenvalue weighted by Crippen LogP contribution is -1.93. The highest BCUT2D eigenvalue weighted by Gasteiger charge is 2.19. The van der Waals surface area contributed by atoms with Gasteiger partial charge in [-0.15, -0.1) is 0 Å². The molecule has 2 heteroatoms. The zero-order valence-electron chi connectivity index (χ0n) is 31.4. The van der Waals surface area contributed by atoms with Crippen molar-refractivity contribution in [3.8, 4) is 27.9 Å². The van der Waals surface area contributed by atoms with Gasteiger partial charge in [-0.05, 0) is 131 Å². The van der Waals surface area contributed by atoms with E-state index in [1.54, 1.807) is 0 Å². The second-order valence-electron chi connectivity index (χ2n) is 15.6. The van der Waals surface area contributed by atoms with Gasteiger partial charge in [-0.3, -0.25) is 0 Å². The monoisotopic (exact) mass is 735 g/mol. The molecule has 2 aromatic heterocycles. The Kier molecular flexibility index (Phi) is 6.47. The SMILES string of the molecule is c1ccc(-n2c3ccccc3c3c4c5ccccc5c5cc(-c6ccc7oc8ccc(-c9c%10ccccc%10cc%10ccccc9%10)cc8c7c6)ccc5c4ccc32)cc1. The van der Waals surface area contributed by atoms with Crippen LogP contribution >= 0.6 is 0 Å². The number of benzene rings is 11. The lowest BCUT2D eigenvalue weighted by molar-refractivity contribution is 0.669. The van der Waals surface area contributed by atoms with E-state index in [0.717, 1.165) is 21.9 Å². The summed E-state index contributed by atoms with van der Waals surface area (Å²) in [6, 6.07) is 73.3. The summed E-state index contributed by atoms with van der Waals surface area (Å²) in [6.45, 7) is 0. The van der Waals surface area contributed by atoms with Crippen LogP contribution in [0.2, 0.25) is 0 Å². The molecule has 0 aliphatic carbocycles. The quantitative estimate of drug-likeness (QED) is 0.131. The minimum absolute atomic E-state index is 0.898. The number of para-hydroxylation sites is 2. The highest BCUT2D eigenvalue weighted by atomic mass is 16.3. The van der Waals surface area contributed by atoms with E-state index in [0.29, 0.717) is 0 Å². The molecule has 0 aliphatic heterocycles. The summed E-state index contributed by atoms with van der Waals surface area (Å²) >= 11 is 0. The van der Waals surface area contributed by atoms with Crippen LogP contribution in [0.5, 0.6) is 0 Å². The van der Waals surface area contributed by atoms with Crippen molar-refractivity contribution in [2.75, 3.05) is 0 Å². The van der Waals surface area contributed by atoms with Gasteiger partial charge in [0.1, 0.15) is 11.2 Å². The predicted octanol–water partition coefficient (Wildman–Crippen LogP) is 15.8. The Bertz CT molecular complexity index is 3770.